The standard InChI is InChI=1S/C14H30BNO3/c1-7-8-14(16)10-9-13(6)19-15(17-11(2)3)18-12(4)5/h10-13H,7-9,16H2,1-6H3/b14-10+. The third kappa shape index (κ3) is 11.0. The van der Waals surface area contributed by atoms with Gasteiger partial charge in [0.2, 0.25) is 0 Å². The molecule has 0 saturated carbocycles. The molecule has 112 valence electrons. The van der Waals surface area contributed by atoms with E-state index in [9.17, 15) is 0 Å². The van der Waals surface area contributed by atoms with Gasteiger partial charge in [-0.15, -0.1) is 0 Å². The van der Waals surface area contributed by atoms with Gasteiger partial charge in [0.15, 0.2) is 0 Å². The van der Waals surface area contributed by atoms with Gasteiger partial charge in [-0.2, -0.15) is 0 Å². The Labute approximate surface area is 118 Å². The highest BCUT2D eigenvalue weighted by atomic mass is 16.7. The Morgan fingerprint density at radius 2 is 1.58 bits per heavy atom. The summed E-state index contributed by atoms with van der Waals surface area (Å²) >= 11 is 0. The topological polar surface area (TPSA) is 53.7 Å². The lowest BCUT2D eigenvalue weighted by atomic mass is 10.1. The van der Waals surface area contributed by atoms with E-state index in [-0.39, 0.29) is 18.3 Å². The zero-order valence-electron chi connectivity index (χ0n) is 13.3. The predicted octanol–water partition coefficient (Wildman–Crippen LogP) is 3.26. The minimum atomic E-state index is -0.615. The third-order valence-electron chi connectivity index (χ3n) is 2.36. The van der Waals surface area contributed by atoms with Crippen LogP contribution in [0, 0.1) is 0 Å². The highest BCUT2D eigenvalue weighted by Crippen LogP contribution is 2.09. The van der Waals surface area contributed by atoms with Crippen LogP contribution in [0.5, 0.6) is 0 Å². The monoisotopic (exact) mass is 271 g/mol. The second kappa shape index (κ2) is 10.3. The second-order valence-corrected chi connectivity index (χ2v) is 5.37. The Morgan fingerprint density at radius 1 is 1.05 bits per heavy atom. The van der Waals surface area contributed by atoms with Crippen molar-refractivity contribution < 1.29 is 14.0 Å². The number of allylic oxidation sites excluding steroid dienone is 1. The molecule has 0 bridgehead atoms. The van der Waals surface area contributed by atoms with Crippen molar-refractivity contribution in [2.24, 2.45) is 5.73 Å². The van der Waals surface area contributed by atoms with Gasteiger partial charge in [-0.05, 0) is 47.5 Å². The number of hydrogen-bond acceptors (Lipinski definition) is 4. The largest absolute Gasteiger partial charge is 0.639 e. The van der Waals surface area contributed by atoms with Crippen LogP contribution in [0.4, 0.5) is 0 Å². The molecule has 4 nitrogen and oxygen atoms in total. The molecule has 0 radical (unpaired) electrons. The summed E-state index contributed by atoms with van der Waals surface area (Å²) in [6.45, 7) is 12.0. The second-order valence-electron chi connectivity index (χ2n) is 5.37. The first-order valence-corrected chi connectivity index (χ1v) is 7.26. The average Bonchev–Trinajstić information content (AvgIpc) is 2.24. The van der Waals surface area contributed by atoms with E-state index in [2.05, 4.69) is 6.92 Å². The molecule has 0 aliphatic carbocycles. The van der Waals surface area contributed by atoms with Crippen molar-refractivity contribution in [3.63, 3.8) is 0 Å². The van der Waals surface area contributed by atoms with E-state index in [4.69, 9.17) is 19.7 Å². The molecule has 5 heteroatoms. The fraction of sp³-hybridized carbons (Fsp3) is 0.857. The molecule has 19 heavy (non-hydrogen) atoms. The Kier molecular flexibility index (Phi) is 10.0. The molecule has 0 aromatic rings. The van der Waals surface area contributed by atoms with Crippen LogP contribution < -0.4 is 5.73 Å². The Balaban J connectivity index is 4.21. The molecule has 0 aliphatic heterocycles. The van der Waals surface area contributed by atoms with Crippen molar-refractivity contribution >= 4 is 7.32 Å². The average molecular weight is 271 g/mol. The van der Waals surface area contributed by atoms with Gasteiger partial charge in [0, 0.05) is 24.0 Å². The summed E-state index contributed by atoms with van der Waals surface area (Å²) in [7, 11) is -0.615. The maximum absolute atomic E-state index is 5.87. The summed E-state index contributed by atoms with van der Waals surface area (Å²) in [5, 5.41) is 0. The van der Waals surface area contributed by atoms with Crippen molar-refractivity contribution in [3.05, 3.63) is 11.8 Å². The summed E-state index contributed by atoms with van der Waals surface area (Å²) in [6.07, 6.45) is 4.93. The molecule has 0 rings (SSSR count). The summed E-state index contributed by atoms with van der Waals surface area (Å²) in [4.78, 5) is 0. The van der Waals surface area contributed by atoms with Gasteiger partial charge in [0.05, 0.1) is 0 Å². The minimum Gasteiger partial charge on any atom is -0.402 e. The van der Waals surface area contributed by atoms with E-state index in [0.717, 1.165) is 25.0 Å². The number of rotatable bonds is 10. The fourth-order valence-electron chi connectivity index (χ4n) is 1.49. The van der Waals surface area contributed by atoms with E-state index in [1.165, 1.54) is 0 Å². The molecule has 0 aliphatic rings. The zero-order valence-corrected chi connectivity index (χ0v) is 13.3. The first-order valence-electron chi connectivity index (χ1n) is 7.26. The van der Waals surface area contributed by atoms with E-state index >= 15 is 0 Å². The SMILES string of the molecule is CCC/C(N)=C\CC(C)OB(OC(C)C)OC(C)C. The molecule has 0 saturated heterocycles. The van der Waals surface area contributed by atoms with Gasteiger partial charge in [-0.1, -0.05) is 19.4 Å². The van der Waals surface area contributed by atoms with E-state index in [0.29, 0.717) is 0 Å². The van der Waals surface area contributed by atoms with Crippen LogP contribution in [-0.2, 0) is 14.0 Å². The van der Waals surface area contributed by atoms with Crippen LogP contribution in [0.25, 0.3) is 0 Å². The Bertz CT molecular complexity index is 247. The summed E-state index contributed by atoms with van der Waals surface area (Å²) in [5.41, 5.74) is 6.79. The Morgan fingerprint density at radius 3 is 2.00 bits per heavy atom. The van der Waals surface area contributed by atoms with Gasteiger partial charge >= 0.3 is 7.32 Å². The lowest BCUT2D eigenvalue weighted by Gasteiger charge is -2.21. The molecule has 1 atom stereocenters. The molecular weight excluding hydrogens is 241 g/mol. The molecule has 0 heterocycles. The van der Waals surface area contributed by atoms with Gasteiger partial charge in [-0.25, -0.2) is 0 Å². The van der Waals surface area contributed by atoms with E-state index in [1.54, 1.807) is 0 Å². The maximum Gasteiger partial charge on any atom is 0.639 e. The van der Waals surface area contributed by atoms with Crippen molar-refractivity contribution in [2.75, 3.05) is 0 Å². The Hall–Kier alpha value is -0.515. The van der Waals surface area contributed by atoms with Crippen molar-refractivity contribution in [1.29, 1.82) is 0 Å². The highest BCUT2D eigenvalue weighted by Gasteiger charge is 2.26. The van der Waals surface area contributed by atoms with Crippen LogP contribution in [-0.4, -0.2) is 25.6 Å². The highest BCUT2D eigenvalue weighted by molar-refractivity contribution is 6.36. The zero-order chi connectivity index (χ0) is 14.8. The molecule has 2 N–H and O–H groups in total. The molecule has 1 unspecified atom stereocenters. The smallest absolute Gasteiger partial charge is 0.402 e. The van der Waals surface area contributed by atoms with Crippen LogP contribution >= 0.6 is 0 Å². The van der Waals surface area contributed by atoms with Gasteiger partial charge in [-0.3, -0.25) is 0 Å². The maximum atomic E-state index is 5.87. The van der Waals surface area contributed by atoms with Gasteiger partial charge in [0.25, 0.3) is 0 Å². The quantitative estimate of drug-likeness (QED) is 0.620. The lowest BCUT2D eigenvalue weighted by Crippen LogP contribution is -2.35. The molecule has 0 spiro atoms. The minimum absolute atomic E-state index is 0.0120. The normalized spacial score (nSPS) is 14.2. The molecular formula is C14H30BNO3. The lowest BCUT2D eigenvalue weighted by molar-refractivity contribution is 0.0297. The summed E-state index contributed by atoms with van der Waals surface area (Å²) in [5.74, 6) is 0. The first kappa shape index (κ1) is 18.5. The van der Waals surface area contributed by atoms with E-state index < -0.39 is 7.32 Å². The molecule has 0 aromatic heterocycles. The van der Waals surface area contributed by atoms with Gasteiger partial charge in [0.1, 0.15) is 0 Å². The van der Waals surface area contributed by atoms with Crippen LogP contribution in [0.2, 0.25) is 0 Å². The van der Waals surface area contributed by atoms with Crippen molar-refractivity contribution in [1.82, 2.24) is 0 Å². The first-order chi connectivity index (χ1) is 8.85. The number of nitrogens with two attached hydrogens (primary N) is 1. The predicted molar refractivity (Wildman–Crippen MR) is 80.5 cm³/mol. The molecule has 0 aromatic carbocycles. The summed E-state index contributed by atoms with van der Waals surface area (Å²) < 4.78 is 16.9. The van der Waals surface area contributed by atoms with Crippen LogP contribution in [0.3, 0.4) is 0 Å². The van der Waals surface area contributed by atoms with Gasteiger partial charge < -0.3 is 19.7 Å². The van der Waals surface area contributed by atoms with Crippen LogP contribution in [0.15, 0.2) is 11.8 Å². The van der Waals surface area contributed by atoms with Crippen molar-refractivity contribution in [2.45, 2.75) is 79.1 Å². The summed E-state index contributed by atoms with van der Waals surface area (Å²) in [6, 6.07) is 0. The third-order valence-corrected chi connectivity index (χ3v) is 2.36. The molecule has 0 amide bonds. The molecule has 0 fully saturated rings. The van der Waals surface area contributed by atoms with E-state index in [1.807, 2.05) is 40.7 Å². The fourth-order valence-corrected chi connectivity index (χ4v) is 1.49. The van der Waals surface area contributed by atoms with Crippen molar-refractivity contribution in [3.8, 4) is 0 Å². The van der Waals surface area contributed by atoms with Crippen LogP contribution in [0.1, 0.15) is 60.8 Å². The number of hydrogen-bond donors (Lipinski definition) is 1.